The molecule has 1 rings (SSSR count). The van der Waals surface area contributed by atoms with Crippen molar-refractivity contribution >= 4 is 5.69 Å². The second kappa shape index (κ2) is 4.98. The van der Waals surface area contributed by atoms with E-state index in [0.717, 1.165) is 5.56 Å². The molecule has 0 aromatic heterocycles. The van der Waals surface area contributed by atoms with Crippen molar-refractivity contribution in [2.45, 2.75) is 6.61 Å². The van der Waals surface area contributed by atoms with E-state index in [1.54, 1.807) is 12.1 Å². The maximum absolute atomic E-state index is 10.3. The summed E-state index contributed by atoms with van der Waals surface area (Å²) >= 11 is 0. The Kier molecular flexibility index (Phi) is 3.63. The van der Waals surface area contributed by atoms with Crippen LogP contribution in [-0.2, 0) is 11.4 Å². The first-order chi connectivity index (χ1) is 6.74. The predicted molar refractivity (Wildman–Crippen MR) is 51.2 cm³/mol. The molecule has 0 aliphatic carbocycles. The van der Waals surface area contributed by atoms with Gasteiger partial charge >= 0.3 is 0 Å². The molecule has 5 heteroatoms. The molecule has 74 valence electrons. The molecular formula is C9H10N2O3. The zero-order valence-corrected chi connectivity index (χ0v) is 7.47. The summed E-state index contributed by atoms with van der Waals surface area (Å²) < 4.78 is 0. The second-order valence-corrected chi connectivity index (χ2v) is 2.53. The fourth-order valence-electron chi connectivity index (χ4n) is 0.898. The van der Waals surface area contributed by atoms with Gasteiger partial charge in [0, 0.05) is 18.3 Å². The molecule has 0 fully saturated rings. The number of hydrogen-bond donors (Lipinski definition) is 1. The number of hydrogen-bond acceptors (Lipinski definition) is 4. The number of nitro groups is 1. The first-order valence-electron chi connectivity index (χ1n) is 3.95. The van der Waals surface area contributed by atoms with Crippen molar-refractivity contribution in [3.05, 3.63) is 52.7 Å². The van der Waals surface area contributed by atoms with E-state index in [9.17, 15) is 10.1 Å². The fraction of sp³-hybridized carbons (Fsp3) is 0.111. The van der Waals surface area contributed by atoms with Crippen LogP contribution in [0.5, 0.6) is 0 Å². The van der Waals surface area contributed by atoms with Crippen molar-refractivity contribution in [3.63, 3.8) is 0 Å². The van der Waals surface area contributed by atoms with Gasteiger partial charge in [0.05, 0.1) is 11.5 Å². The van der Waals surface area contributed by atoms with Crippen molar-refractivity contribution in [3.8, 4) is 0 Å². The van der Waals surface area contributed by atoms with E-state index in [4.69, 9.17) is 4.84 Å². The molecule has 0 spiro atoms. The van der Waals surface area contributed by atoms with E-state index < -0.39 is 4.92 Å². The number of nitrogens with zero attached hydrogens (tertiary/aromatic N) is 1. The molecule has 1 aromatic rings. The molecule has 0 saturated heterocycles. The third-order valence-corrected chi connectivity index (χ3v) is 1.55. The van der Waals surface area contributed by atoms with Gasteiger partial charge in [0.15, 0.2) is 0 Å². The third kappa shape index (κ3) is 2.87. The monoisotopic (exact) mass is 194 g/mol. The summed E-state index contributed by atoms with van der Waals surface area (Å²) in [6.07, 6.45) is 1.41. The van der Waals surface area contributed by atoms with Crippen LogP contribution < -0.4 is 5.48 Å². The van der Waals surface area contributed by atoms with Gasteiger partial charge in [-0.25, -0.2) is 0 Å². The van der Waals surface area contributed by atoms with Crippen LogP contribution >= 0.6 is 0 Å². The topological polar surface area (TPSA) is 64.4 Å². The highest BCUT2D eigenvalue weighted by Crippen LogP contribution is 2.11. The van der Waals surface area contributed by atoms with Gasteiger partial charge in [-0.3, -0.25) is 20.4 Å². The van der Waals surface area contributed by atoms with Gasteiger partial charge in [0.1, 0.15) is 0 Å². The number of nitrogens with one attached hydrogen (secondary N) is 1. The number of nitro benzene ring substituents is 1. The molecular weight excluding hydrogens is 184 g/mol. The molecule has 0 aliphatic rings. The van der Waals surface area contributed by atoms with Crippen LogP contribution in [0.1, 0.15) is 5.56 Å². The van der Waals surface area contributed by atoms with Crippen LogP contribution in [-0.4, -0.2) is 4.92 Å². The van der Waals surface area contributed by atoms with Crippen LogP contribution in [0.3, 0.4) is 0 Å². The number of rotatable bonds is 5. The zero-order valence-electron chi connectivity index (χ0n) is 7.47. The van der Waals surface area contributed by atoms with E-state index in [1.807, 2.05) is 0 Å². The van der Waals surface area contributed by atoms with Gasteiger partial charge in [0.25, 0.3) is 5.69 Å². The Bertz CT molecular complexity index is 321. The first-order valence-corrected chi connectivity index (χ1v) is 3.95. The summed E-state index contributed by atoms with van der Waals surface area (Å²) in [6.45, 7) is 3.74. The molecule has 0 saturated carbocycles. The fourth-order valence-corrected chi connectivity index (χ4v) is 0.898. The van der Waals surface area contributed by atoms with Crippen molar-refractivity contribution in [1.82, 2.24) is 5.48 Å². The Morgan fingerprint density at radius 3 is 2.64 bits per heavy atom. The molecule has 5 nitrogen and oxygen atoms in total. The molecule has 1 N–H and O–H groups in total. The van der Waals surface area contributed by atoms with Crippen LogP contribution in [0, 0.1) is 10.1 Å². The average molecular weight is 194 g/mol. The SMILES string of the molecule is C=CNOCc1ccc([N+](=O)[O-])cc1. The third-order valence-electron chi connectivity index (χ3n) is 1.55. The van der Waals surface area contributed by atoms with Crippen molar-refractivity contribution in [2.24, 2.45) is 0 Å². The standard InChI is InChI=1S/C9H10N2O3/c1-2-10-14-7-8-3-5-9(6-4-8)11(12)13/h2-6,10H,1,7H2. The summed E-state index contributed by atoms with van der Waals surface area (Å²) in [7, 11) is 0. The minimum Gasteiger partial charge on any atom is -0.275 e. The maximum atomic E-state index is 10.3. The molecule has 0 radical (unpaired) electrons. The molecule has 0 amide bonds. The van der Waals surface area contributed by atoms with Gasteiger partial charge in [-0.15, -0.1) is 0 Å². The summed E-state index contributed by atoms with van der Waals surface area (Å²) in [5.74, 6) is 0. The van der Waals surface area contributed by atoms with Gasteiger partial charge in [-0.05, 0) is 17.7 Å². The second-order valence-electron chi connectivity index (χ2n) is 2.53. The van der Waals surface area contributed by atoms with E-state index in [0.29, 0.717) is 6.61 Å². The predicted octanol–water partition coefficient (Wildman–Crippen LogP) is 1.76. The molecule has 1 aromatic carbocycles. The maximum Gasteiger partial charge on any atom is 0.269 e. The minimum atomic E-state index is -0.438. The molecule has 0 unspecified atom stereocenters. The molecule has 14 heavy (non-hydrogen) atoms. The normalized spacial score (nSPS) is 9.43. The first kappa shape index (κ1) is 10.2. The van der Waals surface area contributed by atoms with Gasteiger partial charge in [-0.1, -0.05) is 6.58 Å². The quantitative estimate of drug-likeness (QED) is 0.440. The van der Waals surface area contributed by atoms with Crippen LogP contribution in [0.2, 0.25) is 0 Å². The Morgan fingerprint density at radius 1 is 1.50 bits per heavy atom. The highest BCUT2D eigenvalue weighted by molar-refractivity contribution is 5.32. The average Bonchev–Trinajstić information content (AvgIpc) is 2.19. The number of hydroxylamine groups is 1. The van der Waals surface area contributed by atoms with Crippen molar-refractivity contribution < 1.29 is 9.76 Å². The summed E-state index contributed by atoms with van der Waals surface area (Å²) in [5, 5.41) is 10.3. The summed E-state index contributed by atoms with van der Waals surface area (Å²) in [6, 6.07) is 6.16. The smallest absolute Gasteiger partial charge is 0.269 e. The lowest BCUT2D eigenvalue weighted by molar-refractivity contribution is -0.384. The highest BCUT2D eigenvalue weighted by atomic mass is 16.6. The zero-order chi connectivity index (χ0) is 10.4. The Balaban J connectivity index is 2.55. The van der Waals surface area contributed by atoms with Crippen LogP contribution in [0.4, 0.5) is 5.69 Å². The number of benzene rings is 1. The Morgan fingerprint density at radius 2 is 2.14 bits per heavy atom. The Labute approximate surface area is 81.1 Å². The summed E-state index contributed by atoms with van der Waals surface area (Å²) in [5.41, 5.74) is 3.39. The highest BCUT2D eigenvalue weighted by Gasteiger charge is 2.03. The van der Waals surface area contributed by atoms with E-state index in [1.165, 1.54) is 18.3 Å². The molecule has 0 heterocycles. The lowest BCUT2D eigenvalue weighted by atomic mass is 10.2. The van der Waals surface area contributed by atoms with Gasteiger partial charge in [0.2, 0.25) is 0 Å². The molecule has 0 aliphatic heterocycles. The van der Waals surface area contributed by atoms with Crippen LogP contribution in [0.15, 0.2) is 37.0 Å². The van der Waals surface area contributed by atoms with Crippen LogP contribution in [0.25, 0.3) is 0 Å². The minimum absolute atomic E-state index is 0.0745. The summed E-state index contributed by atoms with van der Waals surface area (Å²) in [4.78, 5) is 14.8. The largest absolute Gasteiger partial charge is 0.275 e. The Hall–Kier alpha value is -1.88. The van der Waals surface area contributed by atoms with Gasteiger partial charge in [-0.2, -0.15) is 0 Å². The molecule has 0 bridgehead atoms. The van der Waals surface area contributed by atoms with E-state index in [-0.39, 0.29) is 5.69 Å². The van der Waals surface area contributed by atoms with Crippen molar-refractivity contribution in [1.29, 1.82) is 0 Å². The van der Waals surface area contributed by atoms with Crippen molar-refractivity contribution in [2.75, 3.05) is 0 Å². The lowest BCUT2D eigenvalue weighted by Crippen LogP contribution is -2.05. The molecule has 0 atom stereocenters. The van der Waals surface area contributed by atoms with E-state index in [2.05, 4.69) is 12.1 Å². The lowest BCUT2D eigenvalue weighted by Gasteiger charge is -2.01. The van der Waals surface area contributed by atoms with E-state index >= 15 is 0 Å². The number of non-ortho nitro benzene ring substituents is 1. The van der Waals surface area contributed by atoms with Gasteiger partial charge < -0.3 is 0 Å².